The van der Waals surface area contributed by atoms with E-state index in [-0.39, 0.29) is 17.0 Å². The Labute approximate surface area is 106 Å². The summed E-state index contributed by atoms with van der Waals surface area (Å²) in [5, 5.41) is 9.70. The van der Waals surface area contributed by atoms with Crippen LogP contribution >= 0.6 is 28.7 Å². The Morgan fingerprint density at radius 3 is 2.53 bits per heavy atom. The van der Waals surface area contributed by atoms with Gasteiger partial charge in [0.15, 0.2) is 0 Å². The lowest BCUT2D eigenvalue weighted by molar-refractivity contribution is 0.394. The van der Waals surface area contributed by atoms with Gasteiger partial charge in [-0.2, -0.15) is 0 Å². The predicted molar refractivity (Wildman–Crippen MR) is 72.2 cm³/mol. The highest BCUT2D eigenvalue weighted by Gasteiger charge is 2.07. The molecule has 0 radical (unpaired) electrons. The Morgan fingerprint density at radius 2 is 2.00 bits per heavy atom. The fourth-order valence-corrected chi connectivity index (χ4v) is 2.17. The van der Waals surface area contributed by atoms with Gasteiger partial charge in [-0.3, -0.25) is 0 Å². The fraction of sp³-hybridized carbons (Fsp3) is 0.455. The van der Waals surface area contributed by atoms with E-state index in [2.05, 4.69) is 17.9 Å². The van der Waals surface area contributed by atoms with Gasteiger partial charge >= 0.3 is 0 Å². The maximum Gasteiger partial charge on any atom is 0.129 e. The first-order valence-corrected chi connectivity index (χ1v) is 5.72. The molecule has 0 saturated carbocycles. The van der Waals surface area contributed by atoms with E-state index < -0.39 is 0 Å². The molecule has 0 aliphatic carbocycles. The smallest absolute Gasteiger partial charge is 0.129 e. The van der Waals surface area contributed by atoms with Crippen LogP contribution in [0.25, 0.3) is 0 Å². The highest BCUT2D eigenvalue weighted by Crippen LogP contribution is 2.32. The van der Waals surface area contributed by atoms with Crippen LogP contribution in [-0.2, 0) is 6.54 Å². The highest BCUT2D eigenvalue weighted by molar-refractivity contribution is 8.93. The average Bonchev–Trinajstić information content (AvgIpc) is 2.10. The molecular formula is C11H18BrNOS. The van der Waals surface area contributed by atoms with Gasteiger partial charge in [-0.15, -0.1) is 28.7 Å². The number of hydrogen-bond acceptors (Lipinski definition) is 3. The van der Waals surface area contributed by atoms with Crippen LogP contribution in [0.3, 0.4) is 0 Å². The van der Waals surface area contributed by atoms with Gasteiger partial charge in [0.05, 0.1) is 4.90 Å². The van der Waals surface area contributed by atoms with Crippen molar-refractivity contribution in [1.29, 1.82) is 0 Å². The van der Waals surface area contributed by atoms with Gasteiger partial charge in [0, 0.05) is 6.54 Å². The number of hydrogen-bond donors (Lipinski definition) is 1. The van der Waals surface area contributed by atoms with Crippen molar-refractivity contribution < 1.29 is 5.11 Å². The van der Waals surface area contributed by atoms with Gasteiger partial charge in [0.1, 0.15) is 5.75 Å². The highest BCUT2D eigenvalue weighted by atomic mass is 79.9. The van der Waals surface area contributed by atoms with Crippen LogP contribution in [0.2, 0.25) is 0 Å². The summed E-state index contributed by atoms with van der Waals surface area (Å²) in [6.45, 7) is 2.97. The van der Waals surface area contributed by atoms with E-state index in [0.717, 1.165) is 17.2 Å². The maximum absolute atomic E-state index is 9.70. The van der Waals surface area contributed by atoms with Crippen molar-refractivity contribution in [3.63, 3.8) is 0 Å². The van der Waals surface area contributed by atoms with Crippen LogP contribution < -0.4 is 0 Å². The molecule has 0 aromatic heterocycles. The molecule has 0 spiro atoms. The van der Waals surface area contributed by atoms with E-state index in [1.165, 1.54) is 5.56 Å². The summed E-state index contributed by atoms with van der Waals surface area (Å²) in [4.78, 5) is 3.12. The number of phenols is 1. The van der Waals surface area contributed by atoms with E-state index >= 15 is 0 Å². The molecule has 1 aromatic rings. The third kappa shape index (κ3) is 4.45. The van der Waals surface area contributed by atoms with E-state index in [9.17, 15) is 5.11 Å². The summed E-state index contributed by atoms with van der Waals surface area (Å²) in [5.41, 5.74) is 1.20. The molecule has 86 valence electrons. The maximum atomic E-state index is 9.70. The molecule has 0 amide bonds. The lowest BCUT2D eigenvalue weighted by Crippen LogP contribution is -2.11. The fourth-order valence-electron chi connectivity index (χ4n) is 1.35. The molecule has 4 heteroatoms. The summed E-state index contributed by atoms with van der Waals surface area (Å²) >= 11 is 1.69. The minimum Gasteiger partial charge on any atom is -0.507 e. The molecule has 0 unspecified atom stereocenters. The molecule has 0 saturated heterocycles. The second-order valence-corrected chi connectivity index (χ2v) is 4.71. The minimum absolute atomic E-state index is 0. The van der Waals surface area contributed by atoms with Crippen molar-refractivity contribution in [3.05, 3.63) is 23.8 Å². The minimum atomic E-state index is 0. The third-order valence-electron chi connectivity index (χ3n) is 1.85. The molecule has 1 rings (SSSR count). The Kier molecular flexibility index (Phi) is 7.05. The van der Waals surface area contributed by atoms with E-state index in [1.54, 1.807) is 17.8 Å². The van der Waals surface area contributed by atoms with Crippen LogP contribution in [0.5, 0.6) is 5.75 Å². The molecule has 1 aromatic carbocycles. The zero-order valence-electron chi connectivity index (χ0n) is 9.36. The first-order valence-electron chi connectivity index (χ1n) is 4.73. The number of rotatable bonds is 4. The number of halogens is 1. The van der Waals surface area contributed by atoms with E-state index in [4.69, 9.17) is 0 Å². The number of nitrogens with zero attached hydrogens (tertiary/aromatic N) is 1. The molecule has 0 fully saturated rings. The van der Waals surface area contributed by atoms with Crippen molar-refractivity contribution in [2.24, 2.45) is 0 Å². The molecule has 0 bridgehead atoms. The summed E-state index contributed by atoms with van der Waals surface area (Å²) < 4.78 is 0. The van der Waals surface area contributed by atoms with Gasteiger partial charge < -0.3 is 10.0 Å². The van der Waals surface area contributed by atoms with Crippen molar-refractivity contribution >= 4 is 28.7 Å². The van der Waals surface area contributed by atoms with Gasteiger partial charge in [0.2, 0.25) is 0 Å². The second kappa shape index (κ2) is 7.14. The summed E-state index contributed by atoms with van der Waals surface area (Å²) in [6, 6.07) is 5.71. The second-order valence-electron chi connectivity index (χ2n) is 3.44. The van der Waals surface area contributed by atoms with Gasteiger partial charge in [-0.1, -0.05) is 19.1 Å². The lowest BCUT2D eigenvalue weighted by Gasteiger charge is -2.14. The molecule has 0 aliphatic rings. The lowest BCUT2D eigenvalue weighted by atomic mass is 10.2. The Hall–Kier alpha value is -0.190. The van der Waals surface area contributed by atoms with Crippen LogP contribution in [0.15, 0.2) is 23.1 Å². The predicted octanol–water partition coefficient (Wildman–Crippen LogP) is 3.14. The largest absolute Gasteiger partial charge is 0.507 e. The number of benzene rings is 1. The first kappa shape index (κ1) is 14.8. The topological polar surface area (TPSA) is 23.5 Å². The SMILES string of the molecule is Br.CCSc1c(O)cccc1CN(C)C. The number of phenolic OH excluding ortho intramolecular Hbond substituents is 1. The quantitative estimate of drug-likeness (QED) is 0.862. The zero-order valence-corrected chi connectivity index (χ0v) is 11.9. The van der Waals surface area contributed by atoms with Gasteiger partial charge in [-0.25, -0.2) is 0 Å². The Morgan fingerprint density at radius 1 is 1.33 bits per heavy atom. The summed E-state index contributed by atoms with van der Waals surface area (Å²) in [5.74, 6) is 1.38. The van der Waals surface area contributed by atoms with Crippen LogP contribution in [-0.4, -0.2) is 29.9 Å². The molecule has 2 nitrogen and oxygen atoms in total. The molecule has 0 heterocycles. The molecule has 0 aliphatic heterocycles. The van der Waals surface area contributed by atoms with Crippen molar-refractivity contribution in [2.75, 3.05) is 19.8 Å². The number of thioether (sulfide) groups is 1. The average molecular weight is 292 g/mol. The molecule has 1 N–H and O–H groups in total. The summed E-state index contributed by atoms with van der Waals surface area (Å²) in [7, 11) is 4.06. The Bertz CT molecular complexity index is 305. The standard InChI is InChI=1S/C11H17NOS.BrH/c1-4-14-11-9(8-12(2)3)6-5-7-10(11)13;/h5-7,13H,4,8H2,1-3H3;1H. The first-order chi connectivity index (χ1) is 6.65. The van der Waals surface area contributed by atoms with E-state index in [0.29, 0.717) is 5.75 Å². The van der Waals surface area contributed by atoms with Crippen LogP contribution in [0.4, 0.5) is 0 Å². The van der Waals surface area contributed by atoms with E-state index in [1.807, 2.05) is 20.2 Å². The van der Waals surface area contributed by atoms with Crippen LogP contribution in [0, 0.1) is 0 Å². The third-order valence-corrected chi connectivity index (χ3v) is 2.90. The van der Waals surface area contributed by atoms with Crippen molar-refractivity contribution in [1.82, 2.24) is 4.90 Å². The monoisotopic (exact) mass is 291 g/mol. The summed E-state index contributed by atoms with van der Waals surface area (Å²) in [6.07, 6.45) is 0. The number of aromatic hydroxyl groups is 1. The van der Waals surface area contributed by atoms with Crippen molar-refractivity contribution in [3.8, 4) is 5.75 Å². The molecule has 15 heavy (non-hydrogen) atoms. The Balaban J connectivity index is 0.00000196. The zero-order chi connectivity index (χ0) is 10.6. The molecular weight excluding hydrogens is 274 g/mol. The normalized spacial score (nSPS) is 10.1. The van der Waals surface area contributed by atoms with Gasteiger partial charge in [-0.05, 0) is 31.5 Å². The molecule has 0 atom stereocenters. The van der Waals surface area contributed by atoms with Crippen molar-refractivity contribution in [2.45, 2.75) is 18.4 Å². The van der Waals surface area contributed by atoms with Gasteiger partial charge in [0.25, 0.3) is 0 Å². The van der Waals surface area contributed by atoms with Crippen LogP contribution in [0.1, 0.15) is 12.5 Å².